The molecule has 0 N–H and O–H groups in total. The number of amides is 1. The lowest BCUT2D eigenvalue weighted by molar-refractivity contribution is -0.132. The Kier molecular flexibility index (Phi) is 4.90. The van der Waals surface area contributed by atoms with Crippen molar-refractivity contribution < 1.29 is 9.21 Å². The van der Waals surface area contributed by atoms with Crippen LogP contribution in [0.3, 0.4) is 0 Å². The monoisotopic (exact) mass is 347 g/mol. The smallest absolute Gasteiger partial charge is 0.221 e. The van der Waals surface area contributed by atoms with Gasteiger partial charge in [-0.15, -0.1) is 10.2 Å². The molecule has 3 rings (SSSR count). The molecule has 1 aromatic carbocycles. The number of carbonyl (C=O) groups is 1. The molecule has 2 aromatic rings. The highest BCUT2D eigenvalue weighted by Gasteiger charge is 2.34. The van der Waals surface area contributed by atoms with Gasteiger partial charge in [0.15, 0.2) is 0 Å². The second-order valence-corrected chi connectivity index (χ2v) is 6.84. The predicted molar refractivity (Wildman–Crippen MR) is 92.1 cm³/mol. The molecule has 0 spiro atoms. The average molecular weight is 348 g/mol. The van der Waals surface area contributed by atoms with Crippen LogP contribution in [0.4, 0.5) is 0 Å². The van der Waals surface area contributed by atoms with E-state index in [1.54, 1.807) is 6.92 Å². The quantitative estimate of drug-likeness (QED) is 0.848. The fourth-order valence-corrected chi connectivity index (χ4v) is 3.61. The van der Waals surface area contributed by atoms with E-state index < -0.39 is 0 Å². The van der Waals surface area contributed by atoms with Crippen LogP contribution >= 0.6 is 11.6 Å². The maximum absolute atomic E-state index is 11.7. The Morgan fingerprint density at radius 2 is 2.21 bits per heavy atom. The molecule has 0 saturated carbocycles. The van der Waals surface area contributed by atoms with Crippen LogP contribution in [0.15, 0.2) is 22.6 Å². The number of hydrogen-bond acceptors (Lipinski definition) is 4. The molecule has 0 radical (unpaired) electrons. The lowest BCUT2D eigenvalue weighted by atomic mass is 9.90. The predicted octanol–water partition coefficient (Wildman–Crippen LogP) is 3.74. The zero-order valence-corrected chi connectivity index (χ0v) is 15.0. The summed E-state index contributed by atoms with van der Waals surface area (Å²) in [6.45, 7) is 6.43. The Labute approximate surface area is 147 Å². The second kappa shape index (κ2) is 6.93. The number of benzene rings is 1. The van der Waals surface area contributed by atoms with E-state index in [4.69, 9.17) is 16.0 Å². The number of nitrogens with zero attached hydrogens (tertiary/aromatic N) is 3. The molecule has 1 aromatic heterocycles. The number of aromatic nitrogens is 2. The normalized spacial score (nSPS) is 21.1. The molecule has 5 nitrogen and oxygen atoms in total. The molecule has 1 amide bonds. The number of carbonyl (C=O) groups excluding carboxylic acids is 1. The van der Waals surface area contributed by atoms with Crippen LogP contribution in [0, 0.1) is 6.92 Å². The van der Waals surface area contributed by atoms with Gasteiger partial charge >= 0.3 is 0 Å². The van der Waals surface area contributed by atoms with Gasteiger partial charge < -0.3 is 9.32 Å². The minimum atomic E-state index is 0.0760. The highest BCUT2D eigenvalue weighted by Crippen LogP contribution is 2.32. The van der Waals surface area contributed by atoms with Crippen molar-refractivity contribution in [3.8, 4) is 0 Å². The van der Waals surface area contributed by atoms with Gasteiger partial charge in [0.05, 0.1) is 12.3 Å². The Balaban J connectivity index is 1.78. The highest BCUT2D eigenvalue weighted by molar-refractivity contribution is 6.32. The van der Waals surface area contributed by atoms with Gasteiger partial charge in [-0.3, -0.25) is 4.79 Å². The van der Waals surface area contributed by atoms with Crippen LogP contribution in [-0.4, -0.2) is 33.6 Å². The first kappa shape index (κ1) is 17.0. The van der Waals surface area contributed by atoms with Crippen molar-refractivity contribution in [1.82, 2.24) is 15.1 Å². The van der Waals surface area contributed by atoms with Crippen LogP contribution in [0.1, 0.15) is 55.5 Å². The molecular weight excluding hydrogens is 326 g/mol. The number of aryl methyl sites for hydroxylation is 1. The fourth-order valence-electron chi connectivity index (χ4n) is 3.41. The van der Waals surface area contributed by atoms with E-state index >= 15 is 0 Å². The van der Waals surface area contributed by atoms with Crippen molar-refractivity contribution in [2.75, 3.05) is 6.54 Å². The summed E-state index contributed by atoms with van der Waals surface area (Å²) in [4.78, 5) is 13.6. The highest BCUT2D eigenvalue weighted by atomic mass is 35.5. The third kappa shape index (κ3) is 3.31. The number of hydrogen-bond donors (Lipinski definition) is 0. The van der Waals surface area contributed by atoms with Gasteiger partial charge in [0, 0.05) is 24.5 Å². The van der Waals surface area contributed by atoms with Crippen LogP contribution in [0.2, 0.25) is 5.02 Å². The Morgan fingerprint density at radius 3 is 2.96 bits per heavy atom. The third-order valence-electron chi connectivity index (χ3n) is 4.81. The largest absolute Gasteiger partial charge is 0.425 e. The van der Waals surface area contributed by atoms with Crippen molar-refractivity contribution in [2.24, 2.45) is 0 Å². The maximum atomic E-state index is 11.7. The van der Waals surface area contributed by atoms with E-state index in [2.05, 4.69) is 10.2 Å². The second-order valence-electron chi connectivity index (χ2n) is 6.46. The molecular formula is C18H22ClN3O2. The number of rotatable bonds is 3. The first-order valence-corrected chi connectivity index (χ1v) is 8.68. The topological polar surface area (TPSA) is 59.2 Å². The van der Waals surface area contributed by atoms with Crippen molar-refractivity contribution in [3.05, 3.63) is 46.1 Å². The van der Waals surface area contributed by atoms with E-state index in [1.807, 2.05) is 36.9 Å². The van der Waals surface area contributed by atoms with Gasteiger partial charge in [-0.2, -0.15) is 0 Å². The summed E-state index contributed by atoms with van der Waals surface area (Å²) in [5.74, 6) is 1.37. The molecule has 0 unspecified atom stereocenters. The van der Waals surface area contributed by atoms with Gasteiger partial charge in [-0.25, -0.2) is 0 Å². The van der Waals surface area contributed by atoms with E-state index in [0.717, 1.165) is 35.5 Å². The van der Waals surface area contributed by atoms with E-state index in [0.29, 0.717) is 18.2 Å². The van der Waals surface area contributed by atoms with Crippen LogP contribution < -0.4 is 0 Å². The molecule has 1 aliphatic rings. The van der Waals surface area contributed by atoms with E-state index in [9.17, 15) is 4.79 Å². The van der Waals surface area contributed by atoms with Crippen molar-refractivity contribution in [2.45, 2.75) is 52.0 Å². The molecule has 2 atom stereocenters. The fraction of sp³-hybridized carbons (Fsp3) is 0.500. The Hall–Kier alpha value is -1.88. The SMILES string of the molecule is CC(=O)N1CCC[C@H](c2nnc(Cc3cccc(C)c3Cl)o2)[C@@H]1C. The maximum Gasteiger partial charge on any atom is 0.221 e. The van der Waals surface area contributed by atoms with Gasteiger partial charge in [-0.05, 0) is 37.8 Å². The summed E-state index contributed by atoms with van der Waals surface area (Å²) in [6.07, 6.45) is 2.43. The molecule has 6 heteroatoms. The van der Waals surface area contributed by atoms with Crippen molar-refractivity contribution in [1.29, 1.82) is 0 Å². The summed E-state index contributed by atoms with van der Waals surface area (Å²) in [5, 5.41) is 9.16. The standard InChI is InChI=1S/C18H22ClN3O2/c1-11-6-4-7-14(17(11)19)10-16-20-21-18(24-16)15-8-5-9-22(12(15)2)13(3)23/h4,6-7,12,15H,5,8-10H2,1-3H3/t12-,15-/m0/s1. The first-order valence-electron chi connectivity index (χ1n) is 8.31. The molecule has 24 heavy (non-hydrogen) atoms. The van der Waals surface area contributed by atoms with Gasteiger partial charge in [0.2, 0.25) is 17.7 Å². The lowest BCUT2D eigenvalue weighted by Crippen LogP contribution is -2.44. The van der Waals surface area contributed by atoms with Crippen molar-refractivity contribution >= 4 is 17.5 Å². The molecule has 1 fully saturated rings. The van der Waals surface area contributed by atoms with Gasteiger partial charge in [-0.1, -0.05) is 29.8 Å². The zero-order chi connectivity index (χ0) is 17.3. The van der Waals surface area contributed by atoms with E-state index in [-0.39, 0.29) is 17.9 Å². The average Bonchev–Trinajstić information content (AvgIpc) is 3.00. The Bertz CT molecular complexity index is 744. The lowest BCUT2D eigenvalue weighted by Gasteiger charge is -2.37. The van der Waals surface area contributed by atoms with Gasteiger partial charge in [0.25, 0.3) is 0 Å². The molecule has 128 valence electrons. The minimum Gasteiger partial charge on any atom is -0.425 e. The minimum absolute atomic E-state index is 0.0760. The summed E-state index contributed by atoms with van der Waals surface area (Å²) in [7, 11) is 0. The summed E-state index contributed by atoms with van der Waals surface area (Å²) in [6, 6.07) is 6.00. The molecule has 1 saturated heterocycles. The van der Waals surface area contributed by atoms with E-state index in [1.165, 1.54) is 0 Å². The van der Waals surface area contributed by atoms with Crippen LogP contribution in [0.25, 0.3) is 0 Å². The van der Waals surface area contributed by atoms with Crippen LogP contribution in [-0.2, 0) is 11.2 Å². The molecule has 2 heterocycles. The molecule has 0 bridgehead atoms. The Morgan fingerprint density at radius 1 is 1.42 bits per heavy atom. The summed E-state index contributed by atoms with van der Waals surface area (Å²) in [5.41, 5.74) is 2.01. The third-order valence-corrected chi connectivity index (χ3v) is 5.35. The van der Waals surface area contributed by atoms with Gasteiger partial charge in [0.1, 0.15) is 0 Å². The van der Waals surface area contributed by atoms with Crippen molar-refractivity contribution in [3.63, 3.8) is 0 Å². The number of likely N-dealkylation sites (tertiary alicyclic amines) is 1. The summed E-state index contributed by atoms with van der Waals surface area (Å²) >= 11 is 6.34. The zero-order valence-electron chi connectivity index (χ0n) is 14.3. The first-order chi connectivity index (χ1) is 11.5. The molecule has 0 aliphatic carbocycles. The number of halogens is 1. The summed E-state index contributed by atoms with van der Waals surface area (Å²) < 4.78 is 5.90. The molecule has 1 aliphatic heterocycles. The number of piperidine rings is 1. The van der Waals surface area contributed by atoms with Crippen LogP contribution in [0.5, 0.6) is 0 Å².